The predicted molar refractivity (Wildman–Crippen MR) is 215 cm³/mol. The molecular weight excluding hydrogens is 619 g/mol. The Hall–Kier alpha value is -6.38. The molecule has 0 bridgehead atoms. The minimum atomic E-state index is -0.235. The van der Waals surface area contributed by atoms with Crippen LogP contribution in [0.3, 0.4) is 0 Å². The lowest BCUT2D eigenvalue weighted by Crippen LogP contribution is -2.16. The Kier molecular flexibility index (Phi) is 6.56. The molecule has 0 saturated carbocycles. The molecule has 0 heterocycles. The molecule has 10 rings (SSSR count). The highest BCUT2D eigenvalue weighted by Crippen LogP contribution is 2.56. The Morgan fingerprint density at radius 3 is 1.63 bits per heavy atom. The van der Waals surface area contributed by atoms with Gasteiger partial charge in [0.05, 0.1) is 0 Å². The van der Waals surface area contributed by atoms with Gasteiger partial charge in [-0.1, -0.05) is 135 Å². The van der Waals surface area contributed by atoms with Gasteiger partial charge in [-0.15, -0.1) is 0 Å². The van der Waals surface area contributed by atoms with Crippen molar-refractivity contribution in [2.24, 2.45) is 0 Å². The zero-order valence-corrected chi connectivity index (χ0v) is 28.6. The summed E-state index contributed by atoms with van der Waals surface area (Å²) in [4.78, 5) is 2.39. The molecule has 0 fully saturated rings. The van der Waals surface area contributed by atoms with E-state index in [-0.39, 0.29) is 5.41 Å². The summed E-state index contributed by atoms with van der Waals surface area (Å²) in [5.41, 5.74) is 8.44. The van der Waals surface area contributed by atoms with Gasteiger partial charge in [-0.05, 0) is 115 Å². The minimum Gasteiger partial charge on any atom is -0.457 e. The van der Waals surface area contributed by atoms with Gasteiger partial charge < -0.3 is 9.64 Å². The summed E-state index contributed by atoms with van der Waals surface area (Å²) < 4.78 is 6.57. The fraction of sp³-hybridized carbons (Fsp3) is 0.0612. The highest BCUT2D eigenvalue weighted by atomic mass is 16.5. The van der Waals surface area contributed by atoms with E-state index in [9.17, 15) is 0 Å². The van der Waals surface area contributed by atoms with Gasteiger partial charge in [-0.2, -0.15) is 0 Å². The van der Waals surface area contributed by atoms with E-state index in [1.807, 2.05) is 30.3 Å². The van der Waals surface area contributed by atoms with E-state index in [0.717, 1.165) is 33.9 Å². The summed E-state index contributed by atoms with van der Waals surface area (Å²) in [6.07, 6.45) is 0. The molecule has 51 heavy (non-hydrogen) atoms. The summed E-state index contributed by atoms with van der Waals surface area (Å²) in [5, 5.41) is 9.78. The monoisotopic (exact) mass is 653 g/mol. The van der Waals surface area contributed by atoms with Crippen LogP contribution in [-0.4, -0.2) is 0 Å². The van der Waals surface area contributed by atoms with Gasteiger partial charge in [0, 0.05) is 27.9 Å². The van der Waals surface area contributed by atoms with Gasteiger partial charge in [0.1, 0.15) is 11.5 Å². The number of hydrogen-bond acceptors (Lipinski definition) is 2. The van der Waals surface area contributed by atoms with E-state index in [0.29, 0.717) is 0 Å². The van der Waals surface area contributed by atoms with Crippen molar-refractivity contribution in [3.05, 3.63) is 187 Å². The van der Waals surface area contributed by atoms with Crippen LogP contribution < -0.4 is 9.64 Å². The molecule has 0 aromatic heterocycles. The maximum atomic E-state index is 6.57. The second kappa shape index (κ2) is 11.3. The zero-order chi connectivity index (χ0) is 34.1. The maximum Gasteiger partial charge on any atom is 0.135 e. The second-order valence-corrected chi connectivity index (χ2v) is 14.2. The Bertz CT molecular complexity index is 2740. The Morgan fingerprint density at radius 2 is 0.961 bits per heavy atom. The first kappa shape index (κ1) is 29.5. The first-order chi connectivity index (χ1) is 25.0. The van der Waals surface area contributed by atoms with Gasteiger partial charge in [0.25, 0.3) is 0 Å². The molecule has 0 aliphatic heterocycles. The molecule has 0 radical (unpaired) electrons. The van der Waals surface area contributed by atoms with Crippen molar-refractivity contribution in [2.75, 3.05) is 4.90 Å². The van der Waals surface area contributed by atoms with Gasteiger partial charge in [0.2, 0.25) is 0 Å². The number of rotatable bonds is 5. The van der Waals surface area contributed by atoms with Crippen molar-refractivity contribution >= 4 is 60.2 Å². The fourth-order valence-corrected chi connectivity index (χ4v) is 8.38. The quantitative estimate of drug-likeness (QED) is 0.183. The van der Waals surface area contributed by atoms with Crippen molar-refractivity contribution in [2.45, 2.75) is 19.3 Å². The normalized spacial score (nSPS) is 13.1. The second-order valence-electron chi connectivity index (χ2n) is 14.2. The highest BCUT2D eigenvalue weighted by Gasteiger charge is 2.39. The van der Waals surface area contributed by atoms with E-state index >= 15 is 0 Å². The van der Waals surface area contributed by atoms with Crippen LogP contribution in [0.25, 0.3) is 54.2 Å². The van der Waals surface area contributed by atoms with Crippen LogP contribution >= 0.6 is 0 Å². The highest BCUT2D eigenvalue weighted by molar-refractivity contribution is 6.09. The number of anilines is 3. The number of benzene rings is 9. The molecule has 2 heteroatoms. The number of para-hydroxylation sites is 1. The van der Waals surface area contributed by atoms with Gasteiger partial charge >= 0.3 is 0 Å². The van der Waals surface area contributed by atoms with Gasteiger partial charge in [0.15, 0.2) is 0 Å². The standard InChI is InChI=1S/C49H35NO/c1-49(2)45-31-46(51-40-16-4-3-5-17-40)42-18-10-11-19-43(42)47(45)44-26-22-36-30-39(25-27-41(36)48(44)49)50(37-23-20-32-12-6-8-14-34(32)28-37)38-24-21-33-13-7-9-15-35(33)29-38/h3-31H,1-2H3. The van der Waals surface area contributed by atoms with Crippen LogP contribution in [-0.2, 0) is 5.41 Å². The van der Waals surface area contributed by atoms with Crippen molar-refractivity contribution in [3.8, 4) is 22.6 Å². The third-order valence-corrected chi connectivity index (χ3v) is 10.8. The van der Waals surface area contributed by atoms with Crippen molar-refractivity contribution in [1.82, 2.24) is 0 Å². The lowest BCUT2D eigenvalue weighted by atomic mass is 9.80. The Balaban J connectivity index is 1.15. The molecule has 2 nitrogen and oxygen atoms in total. The molecular formula is C49H35NO. The third kappa shape index (κ3) is 4.71. The topological polar surface area (TPSA) is 12.5 Å². The van der Waals surface area contributed by atoms with Crippen LogP contribution in [0, 0.1) is 0 Å². The average Bonchev–Trinajstić information content (AvgIpc) is 3.41. The third-order valence-electron chi connectivity index (χ3n) is 10.8. The van der Waals surface area contributed by atoms with Crippen LogP contribution in [0.1, 0.15) is 25.0 Å². The predicted octanol–water partition coefficient (Wildman–Crippen LogP) is 13.9. The summed E-state index contributed by atoms with van der Waals surface area (Å²) in [7, 11) is 0. The molecule has 0 atom stereocenters. The Labute approximate surface area is 297 Å². The van der Waals surface area contributed by atoms with E-state index in [4.69, 9.17) is 4.74 Å². The molecule has 0 spiro atoms. The number of hydrogen-bond donors (Lipinski definition) is 0. The van der Waals surface area contributed by atoms with E-state index in [1.165, 1.54) is 60.0 Å². The molecule has 242 valence electrons. The van der Waals surface area contributed by atoms with Gasteiger partial charge in [-0.25, -0.2) is 0 Å². The largest absolute Gasteiger partial charge is 0.457 e. The van der Waals surface area contributed by atoms with E-state index < -0.39 is 0 Å². The Morgan fingerprint density at radius 1 is 0.431 bits per heavy atom. The molecule has 1 aliphatic rings. The SMILES string of the molecule is CC1(C)c2cc(Oc3ccccc3)c3ccccc3c2-c2ccc3cc(N(c4ccc5ccccc5c4)c4ccc5ccccc5c4)ccc3c21. The van der Waals surface area contributed by atoms with Crippen molar-refractivity contribution < 1.29 is 4.74 Å². The molecule has 0 saturated heterocycles. The first-order valence-corrected chi connectivity index (χ1v) is 17.7. The van der Waals surface area contributed by atoms with Gasteiger partial charge in [-0.3, -0.25) is 0 Å². The smallest absolute Gasteiger partial charge is 0.135 e. The number of fused-ring (bicyclic) bond motifs is 9. The molecule has 1 aliphatic carbocycles. The van der Waals surface area contributed by atoms with Crippen molar-refractivity contribution in [1.29, 1.82) is 0 Å². The fourth-order valence-electron chi connectivity index (χ4n) is 8.38. The number of ether oxygens (including phenoxy) is 1. The number of nitrogens with zero attached hydrogens (tertiary/aromatic N) is 1. The van der Waals surface area contributed by atoms with E-state index in [1.54, 1.807) is 0 Å². The van der Waals surface area contributed by atoms with Crippen molar-refractivity contribution in [3.63, 3.8) is 0 Å². The average molecular weight is 654 g/mol. The molecule has 0 amide bonds. The molecule has 9 aromatic carbocycles. The van der Waals surface area contributed by atoms with Crippen LogP contribution in [0.15, 0.2) is 176 Å². The molecule has 9 aromatic rings. The lowest BCUT2D eigenvalue weighted by molar-refractivity contribution is 0.486. The first-order valence-electron chi connectivity index (χ1n) is 17.7. The summed E-state index contributed by atoms with van der Waals surface area (Å²) >= 11 is 0. The van der Waals surface area contributed by atoms with E-state index in [2.05, 4.69) is 164 Å². The van der Waals surface area contributed by atoms with Crippen LogP contribution in [0.4, 0.5) is 17.1 Å². The summed E-state index contributed by atoms with van der Waals surface area (Å²) in [5.74, 6) is 1.74. The summed E-state index contributed by atoms with van der Waals surface area (Å²) in [6, 6.07) is 63.4. The molecule has 0 N–H and O–H groups in total. The van der Waals surface area contributed by atoms with Crippen LogP contribution in [0.2, 0.25) is 0 Å². The molecule has 0 unspecified atom stereocenters. The maximum absolute atomic E-state index is 6.57. The summed E-state index contributed by atoms with van der Waals surface area (Å²) in [6.45, 7) is 4.73. The minimum absolute atomic E-state index is 0.235. The zero-order valence-electron chi connectivity index (χ0n) is 28.6. The lowest BCUT2D eigenvalue weighted by Gasteiger charge is -2.28. The van der Waals surface area contributed by atoms with Crippen LogP contribution in [0.5, 0.6) is 11.5 Å².